The van der Waals surface area contributed by atoms with Gasteiger partial charge in [-0.1, -0.05) is 34.4 Å². The number of piperidine rings is 1. The van der Waals surface area contributed by atoms with Crippen LogP contribution >= 0.6 is 50.5 Å². The summed E-state index contributed by atoms with van der Waals surface area (Å²) >= 11 is 17.0. The summed E-state index contributed by atoms with van der Waals surface area (Å²) in [6.45, 7) is 0.557. The molecule has 1 fully saturated rings. The van der Waals surface area contributed by atoms with E-state index in [-0.39, 0.29) is 28.3 Å². The maximum Gasteiger partial charge on any atom is 0.434 e. The number of rotatable bonds is 6. The second kappa shape index (κ2) is 11.3. The van der Waals surface area contributed by atoms with Crippen LogP contribution in [0, 0.1) is 0 Å². The first-order valence-electron chi connectivity index (χ1n) is 11.9. The smallest absolute Gasteiger partial charge is 0.434 e. The Bertz CT molecular complexity index is 1400. The SMILES string of the molecule is Cn1nc(OCC(=O)N2CCC(c3nc(C4=NOC(c5c(Cl)cccc5Cl)C4)cs3)CC2)c(Br)c1C(F)(F)F. The van der Waals surface area contributed by atoms with E-state index in [1.165, 1.54) is 11.3 Å². The van der Waals surface area contributed by atoms with E-state index in [4.69, 9.17) is 37.8 Å². The molecule has 0 aliphatic carbocycles. The number of aryl methyl sites for hydroxylation is 1. The number of hydrogen-bond acceptors (Lipinski definition) is 7. The lowest BCUT2D eigenvalue weighted by atomic mass is 9.97. The highest BCUT2D eigenvalue weighted by Crippen LogP contribution is 2.40. The molecule has 1 saturated heterocycles. The minimum Gasteiger partial charge on any atom is -0.466 e. The minimum absolute atomic E-state index is 0.171. The molecule has 1 amide bonds. The molecule has 39 heavy (non-hydrogen) atoms. The Hall–Kier alpha value is -2.35. The molecule has 2 aromatic heterocycles. The molecule has 0 spiro atoms. The molecule has 8 nitrogen and oxygen atoms in total. The molecule has 15 heteroatoms. The number of likely N-dealkylation sites (tertiary alicyclic amines) is 1. The van der Waals surface area contributed by atoms with Crippen LogP contribution < -0.4 is 4.74 Å². The van der Waals surface area contributed by atoms with Gasteiger partial charge in [-0.3, -0.25) is 9.48 Å². The fourth-order valence-electron chi connectivity index (χ4n) is 4.58. The highest BCUT2D eigenvalue weighted by atomic mass is 79.9. The van der Waals surface area contributed by atoms with E-state index in [0.717, 1.165) is 23.5 Å². The van der Waals surface area contributed by atoms with Crippen LogP contribution in [0.1, 0.15) is 53.2 Å². The zero-order valence-electron chi connectivity index (χ0n) is 20.3. The van der Waals surface area contributed by atoms with Crippen molar-refractivity contribution in [2.45, 2.75) is 37.5 Å². The Labute approximate surface area is 243 Å². The van der Waals surface area contributed by atoms with Gasteiger partial charge < -0.3 is 14.5 Å². The Balaban J connectivity index is 1.14. The lowest BCUT2D eigenvalue weighted by Crippen LogP contribution is -2.40. The monoisotopic (exact) mass is 665 g/mol. The number of ether oxygens (including phenoxy) is 1. The van der Waals surface area contributed by atoms with Crippen molar-refractivity contribution in [1.29, 1.82) is 0 Å². The van der Waals surface area contributed by atoms with Gasteiger partial charge in [0.1, 0.15) is 10.2 Å². The van der Waals surface area contributed by atoms with Crippen molar-refractivity contribution in [1.82, 2.24) is 19.7 Å². The van der Waals surface area contributed by atoms with Crippen LogP contribution in [-0.2, 0) is 22.9 Å². The number of aromatic nitrogens is 3. The zero-order chi connectivity index (χ0) is 27.9. The molecule has 0 bridgehead atoms. The molecule has 0 saturated carbocycles. The van der Waals surface area contributed by atoms with E-state index in [9.17, 15) is 18.0 Å². The third kappa shape index (κ3) is 5.91. The van der Waals surface area contributed by atoms with Gasteiger partial charge in [0.25, 0.3) is 5.91 Å². The number of benzene rings is 1. The van der Waals surface area contributed by atoms with Gasteiger partial charge in [-0.25, -0.2) is 4.98 Å². The lowest BCUT2D eigenvalue weighted by molar-refractivity contribution is -0.144. The van der Waals surface area contributed by atoms with Gasteiger partial charge >= 0.3 is 6.18 Å². The van der Waals surface area contributed by atoms with E-state index in [2.05, 4.69) is 26.2 Å². The van der Waals surface area contributed by atoms with Crippen molar-refractivity contribution in [2.24, 2.45) is 12.2 Å². The van der Waals surface area contributed by atoms with Crippen LogP contribution in [0.15, 0.2) is 33.2 Å². The second-order valence-corrected chi connectivity index (χ2v) is 11.6. The number of amides is 1. The summed E-state index contributed by atoms with van der Waals surface area (Å²) < 4.78 is 45.1. The second-order valence-electron chi connectivity index (χ2n) is 9.08. The van der Waals surface area contributed by atoms with Crippen molar-refractivity contribution >= 4 is 62.1 Å². The highest BCUT2D eigenvalue weighted by Gasteiger charge is 2.39. The van der Waals surface area contributed by atoms with E-state index in [1.54, 1.807) is 23.1 Å². The maximum atomic E-state index is 13.1. The number of hydrogen-bond donors (Lipinski definition) is 0. The van der Waals surface area contributed by atoms with Gasteiger partial charge in [-0.15, -0.1) is 16.4 Å². The van der Waals surface area contributed by atoms with Crippen molar-refractivity contribution in [3.05, 3.63) is 60.1 Å². The van der Waals surface area contributed by atoms with Crippen molar-refractivity contribution < 1.29 is 27.5 Å². The predicted molar refractivity (Wildman–Crippen MR) is 144 cm³/mol. The van der Waals surface area contributed by atoms with Crippen molar-refractivity contribution in [3.8, 4) is 5.88 Å². The van der Waals surface area contributed by atoms with E-state index >= 15 is 0 Å². The van der Waals surface area contributed by atoms with Gasteiger partial charge in [0, 0.05) is 53.5 Å². The summed E-state index contributed by atoms with van der Waals surface area (Å²) in [6, 6.07) is 5.29. The summed E-state index contributed by atoms with van der Waals surface area (Å²) in [5.74, 6) is -0.424. The largest absolute Gasteiger partial charge is 0.466 e. The summed E-state index contributed by atoms with van der Waals surface area (Å²) in [6.07, 6.45) is -3.09. The Morgan fingerprint density at radius 1 is 1.26 bits per heavy atom. The molecule has 3 aromatic rings. The van der Waals surface area contributed by atoms with Crippen molar-refractivity contribution in [3.63, 3.8) is 0 Å². The number of halogens is 6. The lowest BCUT2D eigenvalue weighted by Gasteiger charge is -2.31. The van der Waals surface area contributed by atoms with Crippen LogP contribution in [0.2, 0.25) is 10.0 Å². The maximum absolute atomic E-state index is 13.1. The van der Waals surface area contributed by atoms with Gasteiger partial charge in [-0.2, -0.15) is 13.2 Å². The van der Waals surface area contributed by atoms with E-state index < -0.39 is 18.5 Å². The summed E-state index contributed by atoms with van der Waals surface area (Å²) in [7, 11) is 1.16. The number of carbonyl (C=O) groups excluding carboxylic acids is 1. The summed E-state index contributed by atoms with van der Waals surface area (Å²) in [5.41, 5.74) is 1.18. The molecule has 0 N–H and O–H groups in total. The standard InChI is InChI=1S/C24H21BrCl2F3N5O3S/c1-34-21(24(28,29)30)20(25)22(32-34)37-10-18(36)35-7-5-12(6-8-35)23-31-16(11-39-23)15-9-17(38-33-15)19-13(26)3-2-4-14(19)27/h2-4,11-12,17H,5-10H2,1H3. The summed E-state index contributed by atoms with van der Waals surface area (Å²) in [4.78, 5) is 24.7. The predicted octanol–water partition coefficient (Wildman–Crippen LogP) is 6.62. The van der Waals surface area contributed by atoms with Gasteiger partial charge in [0.2, 0.25) is 5.88 Å². The first-order valence-corrected chi connectivity index (χ1v) is 14.3. The number of alkyl halides is 3. The fourth-order valence-corrected chi connectivity index (χ4v) is 6.90. The van der Waals surface area contributed by atoms with E-state index in [0.29, 0.717) is 52.6 Å². The van der Waals surface area contributed by atoms with Gasteiger partial charge in [-0.05, 0) is 40.9 Å². The first-order chi connectivity index (χ1) is 18.5. The van der Waals surface area contributed by atoms with E-state index in [1.807, 2.05) is 5.38 Å². The average Bonchev–Trinajstić information content (AvgIpc) is 3.61. The Morgan fingerprint density at radius 3 is 2.59 bits per heavy atom. The summed E-state index contributed by atoms with van der Waals surface area (Å²) in [5, 5.41) is 11.9. The fraction of sp³-hybridized carbons (Fsp3) is 0.417. The van der Waals surface area contributed by atoms with Crippen molar-refractivity contribution in [2.75, 3.05) is 19.7 Å². The number of oxime groups is 1. The molecule has 5 rings (SSSR count). The molecule has 0 radical (unpaired) electrons. The Morgan fingerprint density at radius 2 is 1.95 bits per heavy atom. The molecular weight excluding hydrogens is 646 g/mol. The third-order valence-corrected chi connectivity index (χ3v) is 8.95. The molecule has 1 atom stereocenters. The molecule has 2 aliphatic rings. The quantitative estimate of drug-likeness (QED) is 0.296. The van der Waals surface area contributed by atoms with Crippen LogP contribution in [0.25, 0.3) is 0 Å². The number of nitrogens with zero attached hydrogens (tertiary/aromatic N) is 5. The molecule has 4 heterocycles. The average molecular weight is 667 g/mol. The van der Waals surface area contributed by atoms with Gasteiger partial charge in [0.05, 0.1) is 10.7 Å². The van der Waals surface area contributed by atoms with Crippen LogP contribution in [0.3, 0.4) is 0 Å². The zero-order valence-corrected chi connectivity index (χ0v) is 24.3. The molecular formula is C24H21BrCl2F3N5O3S. The molecule has 2 aliphatic heterocycles. The topological polar surface area (TPSA) is 81.8 Å². The van der Waals surface area contributed by atoms with Crippen LogP contribution in [-0.4, -0.2) is 51.0 Å². The van der Waals surface area contributed by atoms with Crippen LogP contribution in [0.4, 0.5) is 13.2 Å². The normalized spacial score (nSPS) is 18.3. The van der Waals surface area contributed by atoms with Gasteiger partial charge in [0.15, 0.2) is 18.4 Å². The first kappa shape index (κ1) is 28.2. The van der Waals surface area contributed by atoms with Crippen LogP contribution in [0.5, 0.6) is 5.88 Å². The molecule has 1 unspecified atom stereocenters. The molecule has 1 aromatic carbocycles. The Kier molecular flexibility index (Phi) is 8.14. The molecule has 208 valence electrons. The third-order valence-electron chi connectivity index (χ3n) is 6.57. The highest BCUT2D eigenvalue weighted by molar-refractivity contribution is 9.10. The minimum atomic E-state index is -4.60. The number of thiazole rings is 1. The number of carbonyl (C=O) groups is 1.